The van der Waals surface area contributed by atoms with Gasteiger partial charge in [-0.1, -0.05) is 23.7 Å². The molecule has 2 amide bonds. The van der Waals surface area contributed by atoms with E-state index in [0.29, 0.717) is 24.2 Å². The first-order valence-corrected chi connectivity index (χ1v) is 6.98. The number of carbonyl (C=O) groups is 1. The van der Waals surface area contributed by atoms with Gasteiger partial charge in [0.2, 0.25) is 0 Å². The molecule has 4 nitrogen and oxygen atoms in total. The van der Waals surface area contributed by atoms with Gasteiger partial charge in [0.05, 0.1) is 6.61 Å². The van der Waals surface area contributed by atoms with E-state index in [4.69, 9.17) is 16.7 Å². The van der Waals surface area contributed by atoms with Crippen LogP contribution in [0.15, 0.2) is 24.3 Å². The van der Waals surface area contributed by atoms with E-state index in [1.807, 2.05) is 24.3 Å². The highest BCUT2D eigenvalue weighted by Gasteiger charge is 2.31. The minimum atomic E-state index is -0.0846. The van der Waals surface area contributed by atoms with Crippen LogP contribution in [0.25, 0.3) is 0 Å². The van der Waals surface area contributed by atoms with E-state index < -0.39 is 0 Å². The van der Waals surface area contributed by atoms with Crippen molar-refractivity contribution in [2.75, 3.05) is 19.7 Å². The Morgan fingerprint density at radius 3 is 2.89 bits per heavy atom. The monoisotopic (exact) mass is 282 g/mol. The molecule has 1 saturated carbocycles. The molecule has 19 heavy (non-hydrogen) atoms. The Morgan fingerprint density at radius 1 is 1.47 bits per heavy atom. The summed E-state index contributed by atoms with van der Waals surface area (Å²) >= 11 is 5.90. The van der Waals surface area contributed by atoms with Crippen molar-refractivity contribution in [3.63, 3.8) is 0 Å². The summed E-state index contributed by atoms with van der Waals surface area (Å²) < 4.78 is 0. The molecule has 1 fully saturated rings. The number of aliphatic hydroxyl groups excluding tert-OH is 1. The third-order valence-corrected chi connectivity index (χ3v) is 3.40. The normalized spacial score (nSPS) is 14.2. The van der Waals surface area contributed by atoms with Crippen molar-refractivity contribution >= 4 is 17.6 Å². The summed E-state index contributed by atoms with van der Waals surface area (Å²) in [5, 5.41) is 12.6. The number of hydrogen-bond donors (Lipinski definition) is 2. The average molecular weight is 283 g/mol. The molecule has 1 aliphatic rings. The molecule has 2 rings (SSSR count). The van der Waals surface area contributed by atoms with E-state index in [0.717, 1.165) is 24.8 Å². The van der Waals surface area contributed by atoms with Crippen molar-refractivity contribution in [2.45, 2.75) is 25.3 Å². The second kappa shape index (κ2) is 6.78. The maximum Gasteiger partial charge on any atom is 0.317 e. The predicted molar refractivity (Wildman–Crippen MR) is 75.4 cm³/mol. The molecule has 1 aromatic carbocycles. The molecule has 0 heterocycles. The summed E-state index contributed by atoms with van der Waals surface area (Å²) in [4.78, 5) is 13.7. The van der Waals surface area contributed by atoms with Crippen molar-refractivity contribution in [2.24, 2.45) is 0 Å². The Hall–Kier alpha value is -1.26. The number of hydrogen-bond acceptors (Lipinski definition) is 2. The van der Waals surface area contributed by atoms with Crippen molar-refractivity contribution in [3.05, 3.63) is 34.9 Å². The van der Waals surface area contributed by atoms with Crippen LogP contribution in [0.3, 0.4) is 0 Å². The van der Waals surface area contributed by atoms with Gasteiger partial charge >= 0.3 is 6.03 Å². The van der Waals surface area contributed by atoms with Crippen molar-refractivity contribution < 1.29 is 9.90 Å². The van der Waals surface area contributed by atoms with Gasteiger partial charge in [-0.3, -0.25) is 0 Å². The molecule has 0 saturated heterocycles. The first-order chi connectivity index (χ1) is 9.20. The standard InChI is InChI=1S/C14H19ClN2O2/c15-12-3-1-2-11(10-12)6-7-16-14(19)17(8-9-18)13-4-5-13/h1-3,10,13,18H,4-9H2,(H,16,19). The first kappa shape index (κ1) is 14.2. The summed E-state index contributed by atoms with van der Waals surface area (Å²) in [5.41, 5.74) is 1.10. The molecule has 0 aliphatic heterocycles. The van der Waals surface area contributed by atoms with Gasteiger partial charge in [0, 0.05) is 24.2 Å². The SMILES string of the molecule is O=C(NCCc1cccc(Cl)c1)N(CCO)C1CC1. The molecular formula is C14H19ClN2O2. The highest BCUT2D eigenvalue weighted by Crippen LogP contribution is 2.26. The van der Waals surface area contributed by atoms with Gasteiger partial charge in [-0.05, 0) is 37.0 Å². The number of benzene rings is 1. The van der Waals surface area contributed by atoms with Gasteiger partial charge in [0.15, 0.2) is 0 Å². The van der Waals surface area contributed by atoms with Crippen LogP contribution in [0.5, 0.6) is 0 Å². The van der Waals surface area contributed by atoms with Crippen LogP contribution in [0.2, 0.25) is 5.02 Å². The van der Waals surface area contributed by atoms with Gasteiger partial charge in [-0.2, -0.15) is 0 Å². The lowest BCUT2D eigenvalue weighted by molar-refractivity contribution is 0.174. The lowest BCUT2D eigenvalue weighted by Crippen LogP contribution is -2.43. The van der Waals surface area contributed by atoms with Crippen LogP contribution in [-0.2, 0) is 6.42 Å². The number of carbonyl (C=O) groups excluding carboxylic acids is 1. The fraction of sp³-hybridized carbons (Fsp3) is 0.500. The summed E-state index contributed by atoms with van der Waals surface area (Å²) in [6.45, 7) is 1.000. The van der Waals surface area contributed by atoms with E-state index in [1.54, 1.807) is 4.90 Å². The van der Waals surface area contributed by atoms with Gasteiger partial charge in [-0.25, -0.2) is 4.79 Å². The van der Waals surface area contributed by atoms with Crippen molar-refractivity contribution in [3.8, 4) is 0 Å². The maximum absolute atomic E-state index is 11.9. The van der Waals surface area contributed by atoms with Crippen LogP contribution < -0.4 is 5.32 Å². The molecule has 0 aromatic heterocycles. The molecular weight excluding hydrogens is 264 g/mol. The number of aliphatic hydroxyl groups is 1. The highest BCUT2D eigenvalue weighted by atomic mass is 35.5. The molecule has 0 spiro atoms. The van der Waals surface area contributed by atoms with Crippen molar-refractivity contribution in [1.82, 2.24) is 10.2 Å². The average Bonchev–Trinajstić information content (AvgIpc) is 3.20. The summed E-state index contributed by atoms with van der Waals surface area (Å²) in [6.07, 6.45) is 2.84. The molecule has 0 unspecified atom stereocenters. The summed E-state index contributed by atoms with van der Waals surface area (Å²) in [6, 6.07) is 7.86. The minimum Gasteiger partial charge on any atom is -0.395 e. The van der Waals surface area contributed by atoms with Crippen LogP contribution in [0, 0.1) is 0 Å². The minimum absolute atomic E-state index is 0.0121. The van der Waals surface area contributed by atoms with Gasteiger partial charge in [0.1, 0.15) is 0 Å². The quantitative estimate of drug-likeness (QED) is 0.839. The number of nitrogens with zero attached hydrogens (tertiary/aromatic N) is 1. The lowest BCUT2D eigenvalue weighted by Gasteiger charge is -2.21. The Bertz CT molecular complexity index is 435. The highest BCUT2D eigenvalue weighted by molar-refractivity contribution is 6.30. The number of rotatable bonds is 6. The summed E-state index contributed by atoms with van der Waals surface area (Å²) in [5.74, 6) is 0. The van der Waals surface area contributed by atoms with E-state index in [1.165, 1.54) is 0 Å². The zero-order valence-electron chi connectivity index (χ0n) is 10.8. The third-order valence-electron chi connectivity index (χ3n) is 3.17. The second-order valence-electron chi connectivity index (χ2n) is 4.76. The molecule has 5 heteroatoms. The molecule has 1 aliphatic carbocycles. The third kappa shape index (κ3) is 4.40. The molecule has 2 N–H and O–H groups in total. The molecule has 0 atom stereocenters. The van der Waals surface area contributed by atoms with E-state index in [2.05, 4.69) is 5.32 Å². The summed E-state index contributed by atoms with van der Waals surface area (Å²) in [7, 11) is 0. The first-order valence-electron chi connectivity index (χ1n) is 6.60. The van der Waals surface area contributed by atoms with Gasteiger partial charge in [-0.15, -0.1) is 0 Å². The Morgan fingerprint density at radius 2 is 2.26 bits per heavy atom. The van der Waals surface area contributed by atoms with Gasteiger partial charge < -0.3 is 15.3 Å². The maximum atomic E-state index is 11.9. The lowest BCUT2D eigenvalue weighted by atomic mass is 10.1. The Labute approximate surface area is 118 Å². The molecule has 104 valence electrons. The molecule has 0 bridgehead atoms. The number of nitrogens with one attached hydrogen (secondary N) is 1. The Balaban J connectivity index is 1.76. The van der Waals surface area contributed by atoms with Crippen LogP contribution in [-0.4, -0.2) is 41.8 Å². The van der Waals surface area contributed by atoms with Gasteiger partial charge in [0.25, 0.3) is 0 Å². The zero-order chi connectivity index (χ0) is 13.7. The van der Waals surface area contributed by atoms with Crippen LogP contribution in [0.4, 0.5) is 4.79 Å². The number of amides is 2. The topological polar surface area (TPSA) is 52.6 Å². The fourth-order valence-electron chi connectivity index (χ4n) is 2.05. The second-order valence-corrected chi connectivity index (χ2v) is 5.20. The smallest absolute Gasteiger partial charge is 0.317 e. The predicted octanol–water partition coefficient (Wildman–Crippen LogP) is 2.05. The van der Waals surface area contributed by atoms with Crippen molar-refractivity contribution in [1.29, 1.82) is 0 Å². The van der Waals surface area contributed by atoms with E-state index >= 15 is 0 Å². The van der Waals surface area contributed by atoms with E-state index in [9.17, 15) is 4.79 Å². The largest absolute Gasteiger partial charge is 0.395 e. The Kier molecular flexibility index (Phi) is 5.05. The van der Waals surface area contributed by atoms with Crippen LogP contribution >= 0.6 is 11.6 Å². The molecule has 1 aromatic rings. The van der Waals surface area contributed by atoms with E-state index in [-0.39, 0.29) is 12.6 Å². The van der Waals surface area contributed by atoms with Crippen LogP contribution in [0.1, 0.15) is 18.4 Å². The zero-order valence-corrected chi connectivity index (χ0v) is 11.6. The molecule has 0 radical (unpaired) electrons. The fourth-order valence-corrected chi connectivity index (χ4v) is 2.26. The number of halogens is 1. The number of urea groups is 1.